The molecule has 1 fully saturated rings. The van der Waals surface area contributed by atoms with Gasteiger partial charge in [0.15, 0.2) is 5.71 Å². The third-order valence-corrected chi connectivity index (χ3v) is 16.6. The van der Waals surface area contributed by atoms with Crippen LogP contribution in [0.5, 0.6) is 0 Å². The normalized spacial score (nSPS) is 19.7. The molecule has 3 aromatic carbocycles. The van der Waals surface area contributed by atoms with E-state index < -0.39 is 48.8 Å². The fraction of sp³-hybridized carbons (Fsp3) is 0.388. The zero-order chi connectivity index (χ0) is 47.1. The lowest BCUT2D eigenvalue weighted by Crippen LogP contribution is -2.32. The lowest BCUT2D eigenvalue weighted by Gasteiger charge is -2.27. The van der Waals surface area contributed by atoms with Gasteiger partial charge in [0.1, 0.15) is 17.2 Å². The van der Waals surface area contributed by atoms with Crippen LogP contribution in [0.25, 0.3) is 0 Å². The van der Waals surface area contributed by atoms with Gasteiger partial charge in [0.2, 0.25) is 15.7 Å². The number of hydrogen-bond donors (Lipinski definition) is 0. The first kappa shape index (κ1) is 47.8. The van der Waals surface area contributed by atoms with E-state index in [0.717, 1.165) is 68.5 Å². The maximum absolute atomic E-state index is 13.1. The van der Waals surface area contributed by atoms with Gasteiger partial charge in [0.05, 0.1) is 15.2 Å². The molecule has 13 nitrogen and oxygen atoms in total. The zero-order valence-corrected chi connectivity index (χ0v) is 40.4. The highest BCUT2D eigenvalue weighted by Crippen LogP contribution is 2.50. The van der Waals surface area contributed by atoms with Crippen LogP contribution in [0, 0.1) is 0 Å². The number of unbranched alkanes of at least 4 members (excludes halogenated alkanes) is 2. The third-order valence-electron chi connectivity index (χ3n) is 12.7. The molecule has 0 saturated carbocycles. The summed E-state index contributed by atoms with van der Waals surface area (Å²) in [6.07, 6.45) is 13.1. The number of rotatable bonds is 15. The number of anilines is 1. The molecule has 4 aliphatic rings. The summed E-state index contributed by atoms with van der Waals surface area (Å²) in [6.45, 7) is 8.81. The number of thioether (sulfide) groups is 1. The fourth-order valence-corrected chi connectivity index (χ4v) is 11.6. The lowest BCUT2D eigenvalue weighted by molar-refractivity contribution is -0.401. The molecule has 0 atom stereocenters. The quantitative estimate of drug-likeness (QED) is 0.0622. The van der Waals surface area contributed by atoms with Crippen LogP contribution in [0.15, 0.2) is 127 Å². The van der Waals surface area contributed by atoms with Crippen LogP contribution in [-0.2, 0) is 50.2 Å². The summed E-state index contributed by atoms with van der Waals surface area (Å²) in [7, 11) is -3.26. The van der Waals surface area contributed by atoms with Crippen LogP contribution in [0.4, 0.5) is 11.4 Å². The minimum absolute atomic E-state index is 0.0265. The van der Waals surface area contributed by atoms with Crippen LogP contribution < -0.4 is 4.90 Å². The molecule has 2 amide bonds. The largest absolute Gasteiger partial charge is 0.744 e. The summed E-state index contributed by atoms with van der Waals surface area (Å²) in [6, 6.07) is 20.1. The Bertz CT molecular complexity index is 2810. The number of benzene rings is 3. The third kappa shape index (κ3) is 9.73. The highest BCUT2D eigenvalue weighted by Gasteiger charge is 2.44. The van der Waals surface area contributed by atoms with Crippen LogP contribution in [0.2, 0.25) is 0 Å². The highest BCUT2D eigenvalue weighted by molar-refractivity contribution is 8.03. The van der Waals surface area contributed by atoms with Gasteiger partial charge in [-0.1, -0.05) is 62.4 Å². The lowest BCUT2D eigenvalue weighted by atomic mass is 9.81. The highest BCUT2D eigenvalue weighted by atomic mass is 32.2. The van der Waals surface area contributed by atoms with E-state index in [2.05, 4.69) is 59.8 Å². The Kier molecular flexibility index (Phi) is 13.7. The van der Waals surface area contributed by atoms with Gasteiger partial charge < -0.3 is 14.3 Å². The maximum Gasteiger partial charge on any atom is 0.333 e. The number of nitrogens with zero attached hydrogens (tertiary/aromatic N) is 4. The van der Waals surface area contributed by atoms with Gasteiger partial charge in [0.25, 0.3) is 11.8 Å². The molecule has 0 N–H and O–H groups in total. The molecular formula is C49H56N4O9S3. The number of imide groups is 1. The van der Waals surface area contributed by atoms with Gasteiger partial charge in [-0.05, 0) is 111 Å². The Morgan fingerprint density at radius 1 is 0.831 bits per heavy atom. The SMILES string of the molecule is CN(C)S(=O)(=O)c1ccc2c(c1)C(C)(C)C(/C=C/C1=C(Sc3ccccc3)C(=C\C=C3/N(CCCCCC(=O)ON4C(=O)CCC4=O)c4ccc(S(=O)(=O)[O-])cc4C3(C)C)/CCC1)=[N+]2C. The zero-order valence-electron chi connectivity index (χ0n) is 37.9. The van der Waals surface area contributed by atoms with Crippen LogP contribution in [0.1, 0.15) is 96.6 Å². The van der Waals surface area contributed by atoms with Crippen molar-refractivity contribution in [2.24, 2.45) is 0 Å². The Hall–Kier alpha value is -5.13. The first-order valence-electron chi connectivity index (χ1n) is 21.8. The summed E-state index contributed by atoms with van der Waals surface area (Å²) in [5, 5.41) is 0.560. The molecule has 7 rings (SSSR count). The van der Waals surface area contributed by atoms with Gasteiger partial charge in [-0.2, -0.15) is 4.58 Å². The van der Waals surface area contributed by atoms with Gasteiger partial charge in [-0.25, -0.2) is 25.9 Å². The molecule has 0 spiro atoms. The minimum Gasteiger partial charge on any atom is -0.744 e. The number of sulfonamides is 1. The standard InChI is InChI=1S/C49H56N4O9S3/c1-48(2)38-31-36(64(57,58)50(5)6)22-24-40(38)51(7)42(48)26-20-33-15-14-16-34(47(33)63-35-17-10-8-11-18-35)21-27-43-49(3,4)39-32-37(65(59,60)61)23-25-41(39)52(43)30-13-9-12-19-46(56)62-53-44(54)28-29-45(53)55/h8,10-11,17-18,20-27,31-32H,9,12-16,19,28-30H2,1-7H3. The molecule has 3 heterocycles. The Labute approximate surface area is 387 Å². The number of hydrogen-bond acceptors (Lipinski definition) is 11. The molecule has 3 aliphatic heterocycles. The summed E-state index contributed by atoms with van der Waals surface area (Å²) in [4.78, 5) is 45.7. The Balaban J connectivity index is 1.20. The molecule has 65 heavy (non-hydrogen) atoms. The predicted molar refractivity (Wildman–Crippen MR) is 250 cm³/mol. The summed E-state index contributed by atoms with van der Waals surface area (Å²) >= 11 is 1.71. The average Bonchev–Trinajstić information content (AvgIpc) is 3.76. The first-order chi connectivity index (χ1) is 30.6. The minimum atomic E-state index is -4.71. The Morgan fingerprint density at radius 3 is 2.18 bits per heavy atom. The molecule has 1 aliphatic carbocycles. The summed E-state index contributed by atoms with van der Waals surface area (Å²) in [5.74, 6) is -1.69. The Morgan fingerprint density at radius 2 is 1.51 bits per heavy atom. The molecule has 3 aromatic rings. The van der Waals surface area contributed by atoms with Gasteiger partial charge in [-0.3, -0.25) is 9.59 Å². The van der Waals surface area contributed by atoms with E-state index in [4.69, 9.17) is 4.84 Å². The number of carbonyl (C=O) groups is 3. The summed E-state index contributed by atoms with van der Waals surface area (Å²) in [5.41, 5.74) is 6.52. The molecule has 1 saturated heterocycles. The van der Waals surface area contributed by atoms with Crippen molar-refractivity contribution in [3.05, 3.63) is 124 Å². The summed E-state index contributed by atoms with van der Waals surface area (Å²) < 4.78 is 66.2. The number of fused-ring (bicyclic) bond motifs is 2. The van der Waals surface area contributed by atoms with Gasteiger partial charge in [-0.15, -0.1) is 5.06 Å². The van der Waals surface area contributed by atoms with E-state index in [-0.39, 0.29) is 29.1 Å². The van der Waals surface area contributed by atoms with E-state index >= 15 is 0 Å². The van der Waals surface area contributed by atoms with Crippen molar-refractivity contribution in [3.63, 3.8) is 0 Å². The van der Waals surface area contributed by atoms with Crippen molar-refractivity contribution in [1.29, 1.82) is 0 Å². The van der Waals surface area contributed by atoms with Crippen molar-refractivity contribution >= 4 is 66.8 Å². The molecule has 344 valence electrons. The van der Waals surface area contributed by atoms with Crippen molar-refractivity contribution in [1.82, 2.24) is 9.37 Å². The van der Waals surface area contributed by atoms with E-state index in [9.17, 15) is 35.8 Å². The maximum atomic E-state index is 13.1. The van der Waals surface area contributed by atoms with Crippen LogP contribution in [-0.4, -0.2) is 86.5 Å². The van der Waals surface area contributed by atoms with E-state index in [1.807, 2.05) is 45.2 Å². The van der Waals surface area contributed by atoms with Crippen molar-refractivity contribution < 1.29 is 45.2 Å². The van der Waals surface area contributed by atoms with Crippen molar-refractivity contribution in [2.45, 2.75) is 111 Å². The molecule has 16 heteroatoms. The van der Waals surface area contributed by atoms with Crippen molar-refractivity contribution in [2.75, 3.05) is 32.6 Å². The molecular weight excluding hydrogens is 885 g/mol. The first-order valence-corrected chi connectivity index (χ1v) is 25.5. The van der Waals surface area contributed by atoms with E-state index in [0.29, 0.717) is 30.9 Å². The number of carbonyl (C=O) groups excluding carboxylic acids is 3. The van der Waals surface area contributed by atoms with Crippen LogP contribution in [0.3, 0.4) is 0 Å². The molecule has 0 aromatic heterocycles. The monoisotopic (exact) mass is 940 g/mol. The molecule has 0 bridgehead atoms. The van der Waals surface area contributed by atoms with Gasteiger partial charge in [0, 0.05) is 84.2 Å². The number of hydroxylamine groups is 2. The topological polar surface area (TPSA) is 165 Å². The van der Waals surface area contributed by atoms with E-state index in [1.54, 1.807) is 30.0 Å². The molecule has 0 radical (unpaired) electrons. The second-order valence-corrected chi connectivity index (χ2v) is 22.6. The van der Waals surface area contributed by atoms with Gasteiger partial charge >= 0.3 is 5.97 Å². The number of amides is 2. The average molecular weight is 941 g/mol. The second kappa shape index (κ2) is 18.6. The van der Waals surface area contributed by atoms with Crippen LogP contribution >= 0.6 is 11.8 Å². The number of allylic oxidation sites excluding steroid dienone is 7. The second-order valence-electron chi connectivity index (χ2n) is 18.0. The predicted octanol–water partition coefficient (Wildman–Crippen LogP) is 8.41. The smallest absolute Gasteiger partial charge is 0.333 e. The van der Waals surface area contributed by atoms with Crippen molar-refractivity contribution in [3.8, 4) is 0 Å². The molecule has 0 unspecified atom stereocenters. The fourth-order valence-electron chi connectivity index (χ4n) is 9.08. The van der Waals surface area contributed by atoms with E-state index in [1.165, 1.54) is 36.1 Å².